The van der Waals surface area contributed by atoms with Crippen molar-refractivity contribution >= 4 is 11.6 Å². The molecule has 0 bridgehead atoms. The lowest BCUT2D eigenvalue weighted by molar-refractivity contribution is 0.606. The highest BCUT2D eigenvalue weighted by Crippen LogP contribution is 2.12. The van der Waals surface area contributed by atoms with Gasteiger partial charge in [-0.2, -0.15) is 0 Å². The quantitative estimate of drug-likeness (QED) is 0.613. The Labute approximate surface area is 111 Å². The third kappa shape index (κ3) is 2.99. The smallest absolute Gasteiger partial charge is 0.261 e. The Hall–Kier alpha value is -1.61. The van der Waals surface area contributed by atoms with Crippen LogP contribution in [-0.4, -0.2) is 15.4 Å². The van der Waals surface area contributed by atoms with E-state index in [2.05, 4.69) is 4.98 Å². The summed E-state index contributed by atoms with van der Waals surface area (Å²) < 4.78 is 1.65. The molecule has 18 heavy (non-hydrogen) atoms. The van der Waals surface area contributed by atoms with Gasteiger partial charge in [0, 0.05) is 18.6 Å². The van der Waals surface area contributed by atoms with Crippen LogP contribution in [0.2, 0.25) is 0 Å². The zero-order valence-electron chi connectivity index (χ0n) is 10.1. The monoisotopic (exact) mass is 262 g/mol. The van der Waals surface area contributed by atoms with E-state index in [1.54, 1.807) is 17.1 Å². The SMILES string of the molecule is O=c1c(-c2ccccc2)cncn1CCCCCl. The van der Waals surface area contributed by atoms with E-state index < -0.39 is 0 Å². The first-order valence-electron chi connectivity index (χ1n) is 5.99. The molecule has 0 unspecified atom stereocenters. The fourth-order valence-electron chi connectivity index (χ4n) is 1.80. The standard InChI is InChI=1S/C14H15ClN2O/c15-8-4-5-9-17-11-16-10-13(14(17)18)12-6-2-1-3-7-12/h1-3,6-7,10-11H,4-5,8-9H2. The van der Waals surface area contributed by atoms with E-state index in [0.717, 1.165) is 18.4 Å². The molecular formula is C14H15ClN2O. The van der Waals surface area contributed by atoms with Gasteiger partial charge < -0.3 is 0 Å². The normalized spacial score (nSPS) is 10.5. The second-order valence-electron chi connectivity index (χ2n) is 4.07. The number of nitrogens with zero attached hydrogens (tertiary/aromatic N) is 2. The van der Waals surface area contributed by atoms with Gasteiger partial charge in [0.2, 0.25) is 0 Å². The van der Waals surface area contributed by atoms with Gasteiger partial charge in [-0.05, 0) is 18.4 Å². The lowest BCUT2D eigenvalue weighted by atomic mass is 10.1. The van der Waals surface area contributed by atoms with Crippen LogP contribution in [0, 0.1) is 0 Å². The predicted molar refractivity (Wildman–Crippen MR) is 73.9 cm³/mol. The van der Waals surface area contributed by atoms with Crippen LogP contribution in [0.3, 0.4) is 0 Å². The van der Waals surface area contributed by atoms with Crippen LogP contribution in [0.1, 0.15) is 12.8 Å². The molecule has 0 N–H and O–H groups in total. The van der Waals surface area contributed by atoms with Gasteiger partial charge >= 0.3 is 0 Å². The summed E-state index contributed by atoms with van der Waals surface area (Å²) >= 11 is 5.63. The van der Waals surface area contributed by atoms with Crippen LogP contribution < -0.4 is 5.56 Å². The maximum Gasteiger partial charge on any atom is 0.261 e. The summed E-state index contributed by atoms with van der Waals surface area (Å²) in [5.74, 6) is 0.626. The number of halogens is 1. The van der Waals surface area contributed by atoms with E-state index in [9.17, 15) is 4.79 Å². The number of alkyl halides is 1. The minimum absolute atomic E-state index is 0.00534. The number of hydrogen-bond donors (Lipinski definition) is 0. The zero-order chi connectivity index (χ0) is 12.8. The summed E-state index contributed by atoms with van der Waals surface area (Å²) in [5.41, 5.74) is 1.55. The van der Waals surface area contributed by atoms with Gasteiger partial charge in [-0.15, -0.1) is 11.6 Å². The van der Waals surface area contributed by atoms with Crippen molar-refractivity contribution in [3.8, 4) is 11.1 Å². The maximum absolute atomic E-state index is 12.3. The molecule has 0 fully saturated rings. The average Bonchev–Trinajstić information content (AvgIpc) is 2.42. The first-order valence-corrected chi connectivity index (χ1v) is 6.52. The molecule has 1 aromatic heterocycles. The van der Waals surface area contributed by atoms with E-state index in [-0.39, 0.29) is 5.56 Å². The predicted octanol–water partition coefficient (Wildman–Crippen LogP) is 2.93. The Kier molecular flexibility index (Phi) is 4.53. The summed E-state index contributed by atoms with van der Waals surface area (Å²) in [6.07, 6.45) is 5.01. The van der Waals surface area contributed by atoms with Gasteiger partial charge in [0.25, 0.3) is 5.56 Å². The summed E-state index contributed by atoms with van der Waals surface area (Å²) in [4.78, 5) is 16.4. The third-order valence-electron chi connectivity index (χ3n) is 2.77. The number of benzene rings is 1. The molecule has 1 heterocycles. The Morgan fingerprint density at radius 2 is 1.94 bits per heavy atom. The molecule has 0 radical (unpaired) electrons. The molecule has 94 valence electrons. The van der Waals surface area contributed by atoms with Crippen molar-refractivity contribution in [2.75, 3.05) is 5.88 Å². The molecule has 4 heteroatoms. The Balaban J connectivity index is 2.28. The van der Waals surface area contributed by atoms with Crippen LogP contribution in [0.25, 0.3) is 11.1 Å². The zero-order valence-corrected chi connectivity index (χ0v) is 10.8. The fourth-order valence-corrected chi connectivity index (χ4v) is 1.99. The van der Waals surface area contributed by atoms with Crippen LogP contribution >= 0.6 is 11.6 Å². The van der Waals surface area contributed by atoms with E-state index in [1.165, 1.54) is 0 Å². The molecule has 0 saturated heterocycles. The van der Waals surface area contributed by atoms with Gasteiger partial charge in [-0.1, -0.05) is 30.3 Å². The van der Waals surface area contributed by atoms with E-state index in [0.29, 0.717) is 18.0 Å². The number of hydrogen-bond acceptors (Lipinski definition) is 2. The molecule has 0 amide bonds. The average molecular weight is 263 g/mol. The molecule has 0 aliphatic heterocycles. The Morgan fingerprint density at radius 3 is 2.67 bits per heavy atom. The molecule has 0 atom stereocenters. The van der Waals surface area contributed by atoms with Crippen LogP contribution in [0.4, 0.5) is 0 Å². The van der Waals surface area contributed by atoms with Crippen molar-refractivity contribution < 1.29 is 0 Å². The Morgan fingerprint density at radius 1 is 1.17 bits per heavy atom. The summed E-state index contributed by atoms with van der Waals surface area (Å²) in [5, 5.41) is 0. The molecule has 0 aliphatic carbocycles. The van der Waals surface area contributed by atoms with Crippen LogP contribution in [-0.2, 0) is 6.54 Å². The van der Waals surface area contributed by atoms with E-state index >= 15 is 0 Å². The number of unbranched alkanes of at least 4 members (excludes halogenated alkanes) is 1. The third-order valence-corrected chi connectivity index (χ3v) is 3.04. The molecule has 0 spiro atoms. The highest BCUT2D eigenvalue weighted by molar-refractivity contribution is 6.17. The maximum atomic E-state index is 12.3. The molecule has 2 aromatic rings. The second-order valence-corrected chi connectivity index (χ2v) is 4.45. The van der Waals surface area contributed by atoms with Crippen molar-refractivity contribution in [1.82, 2.24) is 9.55 Å². The number of aryl methyl sites for hydroxylation is 1. The highest BCUT2D eigenvalue weighted by Gasteiger charge is 2.05. The van der Waals surface area contributed by atoms with Crippen molar-refractivity contribution in [2.45, 2.75) is 19.4 Å². The summed E-state index contributed by atoms with van der Waals surface area (Å²) in [6, 6.07) is 9.60. The molecular weight excluding hydrogens is 248 g/mol. The molecule has 0 saturated carbocycles. The second kappa shape index (κ2) is 6.36. The van der Waals surface area contributed by atoms with Gasteiger partial charge in [0.1, 0.15) is 0 Å². The largest absolute Gasteiger partial charge is 0.299 e. The number of rotatable bonds is 5. The number of aromatic nitrogens is 2. The minimum atomic E-state index is 0.00534. The van der Waals surface area contributed by atoms with Crippen LogP contribution in [0.5, 0.6) is 0 Å². The first kappa shape index (κ1) is 12.8. The van der Waals surface area contributed by atoms with Gasteiger partial charge in [0.15, 0.2) is 0 Å². The van der Waals surface area contributed by atoms with Gasteiger partial charge in [-0.25, -0.2) is 4.98 Å². The van der Waals surface area contributed by atoms with Crippen molar-refractivity contribution in [3.63, 3.8) is 0 Å². The van der Waals surface area contributed by atoms with Crippen molar-refractivity contribution in [2.24, 2.45) is 0 Å². The van der Waals surface area contributed by atoms with Crippen molar-refractivity contribution in [1.29, 1.82) is 0 Å². The molecule has 1 aromatic carbocycles. The Bertz CT molecular complexity index is 551. The summed E-state index contributed by atoms with van der Waals surface area (Å²) in [7, 11) is 0. The minimum Gasteiger partial charge on any atom is -0.299 e. The first-order chi connectivity index (χ1) is 8.83. The molecule has 3 nitrogen and oxygen atoms in total. The van der Waals surface area contributed by atoms with E-state index in [4.69, 9.17) is 11.6 Å². The summed E-state index contributed by atoms with van der Waals surface area (Å²) in [6.45, 7) is 0.666. The lowest BCUT2D eigenvalue weighted by Gasteiger charge is -2.06. The topological polar surface area (TPSA) is 34.9 Å². The molecule has 2 rings (SSSR count). The van der Waals surface area contributed by atoms with Gasteiger partial charge in [0.05, 0.1) is 11.9 Å². The van der Waals surface area contributed by atoms with Gasteiger partial charge in [-0.3, -0.25) is 9.36 Å². The van der Waals surface area contributed by atoms with Crippen LogP contribution in [0.15, 0.2) is 47.7 Å². The highest BCUT2D eigenvalue weighted by atomic mass is 35.5. The van der Waals surface area contributed by atoms with Crippen molar-refractivity contribution in [3.05, 3.63) is 53.2 Å². The molecule has 0 aliphatic rings. The van der Waals surface area contributed by atoms with E-state index in [1.807, 2.05) is 30.3 Å². The lowest BCUT2D eigenvalue weighted by Crippen LogP contribution is -2.22. The fraction of sp³-hybridized carbons (Fsp3) is 0.286.